The predicted molar refractivity (Wildman–Crippen MR) is 94.7 cm³/mol. The van der Waals surface area contributed by atoms with Gasteiger partial charge in [-0.05, 0) is 36.8 Å². The van der Waals surface area contributed by atoms with Crippen molar-refractivity contribution in [3.8, 4) is 11.1 Å². The monoisotopic (exact) mass is 340 g/mol. The molecule has 4 rings (SSSR count). The Morgan fingerprint density at radius 1 is 0.792 bits per heavy atom. The van der Waals surface area contributed by atoms with E-state index in [0.717, 1.165) is 24.0 Å². The molecule has 0 aliphatic carbocycles. The molecular weight excluding hydrogens is 320 g/mol. The van der Waals surface area contributed by atoms with Crippen molar-refractivity contribution in [2.75, 3.05) is 0 Å². The zero-order valence-electron chi connectivity index (χ0n) is 13.4. The molecule has 0 saturated carbocycles. The Morgan fingerprint density at radius 3 is 1.92 bits per heavy atom. The molecule has 2 atom stereocenters. The van der Waals surface area contributed by atoms with Gasteiger partial charge in [0.1, 0.15) is 0 Å². The lowest BCUT2D eigenvalue weighted by atomic mass is 9.89. The first kappa shape index (κ1) is 15.6. The first-order valence-electron chi connectivity index (χ1n) is 8.48. The maximum atomic E-state index is 12.8. The molecule has 2 aromatic carbocycles. The Kier molecular flexibility index (Phi) is 3.80. The minimum Gasteiger partial charge on any atom is -0.294 e. The van der Waals surface area contributed by atoms with Crippen LogP contribution in [0.1, 0.15) is 36.0 Å². The quantitative estimate of drug-likeness (QED) is 0.797. The molecule has 24 heavy (non-hydrogen) atoms. The third-order valence-electron chi connectivity index (χ3n) is 5.48. The minimum absolute atomic E-state index is 0.0985. The maximum Gasteiger partial charge on any atom is 0.166 e. The fourth-order valence-electron chi connectivity index (χ4n) is 4.11. The summed E-state index contributed by atoms with van der Waals surface area (Å²) in [6, 6.07) is 17.7. The van der Waals surface area contributed by atoms with Gasteiger partial charge in [0.25, 0.3) is 0 Å². The van der Waals surface area contributed by atoms with E-state index in [2.05, 4.69) is 0 Å². The highest BCUT2D eigenvalue weighted by Crippen LogP contribution is 2.42. The van der Waals surface area contributed by atoms with Gasteiger partial charge in [-0.3, -0.25) is 4.79 Å². The molecule has 2 saturated heterocycles. The van der Waals surface area contributed by atoms with Crippen LogP contribution in [0.2, 0.25) is 0 Å². The molecule has 0 N–H and O–H groups in total. The molecule has 4 heteroatoms. The summed E-state index contributed by atoms with van der Waals surface area (Å²) in [5.41, 5.74) is 2.90. The summed E-state index contributed by atoms with van der Waals surface area (Å²) in [4.78, 5) is 12.8. The van der Waals surface area contributed by atoms with Gasteiger partial charge >= 0.3 is 0 Å². The summed E-state index contributed by atoms with van der Waals surface area (Å²) in [5.74, 6) is -0.0463. The number of sulfone groups is 1. The number of fused-ring (bicyclic) bond motifs is 2. The smallest absolute Gasteiger partial charge is 0.166 e. The van der Waals surface area contributed by atoms with Crippen molar-refractivity contribution in [3.63, 3.8) is 0 Å². The SMILES string of the molecule is O=C(c1ccc(-c2ccccc2)cc1)C1CC2CCC(C1)S2(=O)=O. The first-order chi connectivity index (χ1) is 11.6. The average Bonchev–Trinajstić information content (AvgIpc) is 2.80. The van der Waals surface area contributed by atoms with Crippen molar-refractivity contribution >= 4 is 15.6 Å². The van der Waals surface area contributed by atoms with E-state index < -0.39 is 9.84 Å². The number of Topliss-reactive ketones (excluding diaryl/α,β-unsaturated/α-hetero) is 1. The van der Waals surface area contributed by atoms with Gasteiger partial charge in [-0.1, -0.05) is 54.6 Å². The summed E-state index contributed by atoms with van der Waals surface area (Å²) in [6.45, 7) is 0. The average molecular weight is 340 g/mol. The number of benzene rings is 2. The molecule has 2 aliphatic rings. The minimum atomic E-state index is -2.97. The van der Waals surface area contributed by atoms with Crippen LogP contribution >= 0.6 is 0 Å². The Balaban J connectivity index is 1.54. The van der Waals surface area contributed by atoms with Crippen LogP contribution in [0.5, 0.6) is 0 Å². The third kappa shape index (κ3) is 2.59. The van der Waals surface area contributed by atoms with E-state index in [1.54, 1.807) is 0 Å². The van der Waals surface area contributed by atoms with E-state index in [1.807, 2.05) is 54.6 Å². The van der Waals surface area contributed by atoms with Gasteiger partial charge in [-0.25, -0.2) is 8.42 Å². The topological polar surface area (TPSA) is 51.2 Å². The van der Waals surface area contributed by atoms with Crippen LogP contribution in [0.25, 0.3) is 11.1 Å². The number of rotatable bonds is 3. The van der Waals surface area contributed by atoms with Crippen LogP contribution in [0.15, 0.2) is 54.6 Å². The summed E-state index contributed by atoms with van der Waals surface area (Å²) < 4.78 is 24.3. The maximum absolute atomic E-state index is 12.8. The highest BCUT2D eigenvalue weighted by atomic mass is 32.2. The molecule has 0 radical (unpaired) electrons. The Hall–Kier alpha value is -1.94. The van der Waals surface area contributed by atoms with Gasteiger partial charge in [0, 0.05) is 11.5 Å². The summed E-state index contributed by atoms with van der Waals surface area (Å²) in [5, 5.41) is -0.595. The summed E-state index contributed by atoms with van der Waals surface area (Å²) in [6.07, 6.45) is 2.45. The zero-order chi connectivity index (χ0) is 16.7. The Morgan fingerprint density at radius 2 is 1.33 bits per heavy atom. The largest absolute Gasteiger partial charge is 0.294 e. The molecular formula is C20H20O3S. The van der Waals surface area contributed by atoms with E-state index in [4.69, 9.17) is 0 Å². The zero-order valence-corrected chi connectivity index (χ0v) is 14.2. The number of carbonyl (C=O) groups excluding carboxylic acids is 1. The van der Waals surface area contributed by atoms with Crippen LogP contribution in [0, 0.1) is 5.92 Å². The molecule has 2 fully saturated rings. The van der Waals surface area contributed by atoms with E-state index in [1.165, 1.54) is 0 Å². The van der Waals surface area contributed by atoms with Crippen molar-refractivity contribution in [2.24, 2.45) is 5.92 Å². The molecule has 2 bridgehead atoms. The first-order valence-corrected chi connectivity index (χ1v) is 10.1. The van der Waals surface area contributed by atoms with E-state index >= 15 is 0 Å². The van der Waals surface area contributed by atoms with E-state index in [0.29, 0.717) is 18.4 Å². The number of hydrogen-bond acceptors (Lipinski definition) is 3. The van der Waals surface area contributed by atoms with Gasteiger partial charge in [0.15, 0.2) is 15.6 Å². The third-order valence-corrected chi connectivity index (χ3v) is 8.20. The normalized spacial score (nSPS) is 27.8. The lowest BCUT2D eigenvalue weighted by molar-refractivity contribution is 0.0905. The second-order valence-corrected chi connectivity index (χ2v) is 9.40. The molecule has 2 heterocycles. The van der Waals surface area contributed by atoms with Gasteiger partial charge in [0.2, 0.25) is 0 Å². The van der Waals surface area contributed by atoms with E-state index in [9.17, 15) is 13.2 Å². The number of ketones is 1. The van der Waals surface area contributed by atoms with Gasteiger partial charge in [-0.2, -0.15) is 0 Å². The second kappa shape index (κ2) is 5.85. The van der Waals surface area contributed by atoms with Crippen molar-refractivity contribution in [3.05, 3.63) is 60.2 Å². The van der Waals surface area contributed by atoms with Gasteiger partial charge < -0.3 is 0 Å². The standard InChI is InChI=1S/C20H20O3S/c21-20(17-12-18-10-11-19(13-17)24(18,22)23)16-8-6-15(7-9-16)14-4-2-1-3-5-14/h1-9,17-19H,10-13H2. The molecule has 0 spiro atoms. The fraction of sp³-hybridized carbons (Fsp3) is 0.350. The molecule has 124 valence electrons. The van der Waals surface area contributed by atoms with Crippen molar-refractivity contribution in [1.82, 2.24) is 0 Å². The van der Waals surface area contributed by atoms with Crippen LogP contribution < -0.4 is 0 Å². The Bertz CT molecular complexity index is 834. The number of carbonyl (C=O) groups is 1. The Labute approximate surface area is 142 Å². The van der Waals surface area contributed by atoms with Crippen LogP contribution in [0.4, 0.5) is 0 Å². The number of hydrogen-bond donors (Lipinski definition) is 0. The molecule has 2 aliphatic heterocycles. The molecule has 0 aromatic heterocycles. The van der Waals surface area contributed by atoms with Crippen molar-refractivity contribution < 1.29 is 13.2 Å². The lowest BCUT2D eigenvalue weighted by Gasteiger charge is -2.27. The highest BCUT2D eigenvalue weighted by molar-refractivity contribution is 7.93. The molecule has 2 aromatic rings. The second-order valence-electron chi connectivity index (χ2n) is 6.89. The fourth-order valence-corrected chi connectivity index (χ4v) is 6.59. The molecule has 3 nitrogen and oxygen atoms in total. The predicted octanol–water partition coefficient (Wildman–Crippen LogP) is 3.89. The summed E-state index contributed by atoms with van der Waals surface area (Å²) >= 11 is 0. The van der Waals surface area contributed by atoms with Gasteiger partial charge in [-0.15, -0.1) is 0 Å². The van der Waals surface area contributed by atoms with Crippen LogP contribution in [-0.4, -0.2) is 24.7 Å². The summed E-state index contributed by atoms with van der Waals surface area (Å²) in [7, 11) is -2.97. The molecule has 0 amide bonds. The highest BCUT2D eigenvalue weighted by Gasteiger charge is 2.48. The van der Waals surface area contributed by atoms with Crippen molar-refractivity contribution in [2.45, 2.75) is 36.2 Å². The van der Waals surface area contributed by atoms with Crippen LogP contribution in [-0.2, 0) is 9.84 Å². The van der Waals surface area contributed by atoms with Crippen LogP contribution in [0.3, 0.4) is 0 Å². The molecule has 2 unspecified atom stereocenters. The van der Waals surface area contributed by atoms with Crippen molar-refractivity contribution in [1.29, 1.82) is 0 Å². The van der Waals surface area contributed by atoms with Gasteiger partial charge in [0.05, 0.1) is 10.5 Å². The lowest BCUT2D eigenvalue weighted by Crippen LogP contribution is -2.36. The van der Waals surface area contributed by atoms with E-state index in [-0.39, 0.29) is 22.2 Å².